The summed E-state index contributed by atoms with van der Waals surface area (Å²) >= 11 is 1.56. The van der Waals surface area contributed by atoms with Crippen LogP contribution in [0.4, 0.5) is 0 Å². The standard InChI is InChI=1S/C21H21NO4S/c23-18-17-16(26-20(25)15-9-5-2-6-10-15)11-12-21(18,13-27-17)22-19(24)14-7-3-1-4-8-14/h1-10,16-18,23H,11-13H2,(H,22,24)/t16?,17?,18-,21+/m1/s1. The number of carbonyl (C=O) groups excluding carboxylic acids is 2. The van der Waals surface area contributed by atoms with Crippen molar-refractivity contribution in [1.29, 1.82) is 0 Å². The molecule has 0 radical (unpaired) electrons. The van der Waals surface area contributed by atoms with Gasteiger partial charge in [0.05, 0.1) is 22.5 Å². The minimum absolute atomic E-state index is 0.185. The van der Waals surface area contributed by atoms with E-state index in [4.69, 9.17) is 4.74 Å². The van der Waals surface area contributed by atoms with Crippen LogP contribution in [-0.4, -0.2) is 45.7 Å². The van der Waals surface area contributed by atoms with Crippen LogP contribution in [0.15, 0.2) is 60.7 Å². The highest BCUT2D eigenvalue weighted by Gasteiger charge is 2.56. The number of nitrogens with one attached hydrogen (secondary N) is 1. The Morgan fingerprint density at radius 2 is 1.67 bits per heavy atom. The number of aliphatic hydroxyl groups excluding tert-OH is 1. The molecule has 0 spiro atoms. The molecule has 2 aromatic carbocycles. The number of benzene rings is 2. The first-order valence-electron chi connectivity index (χ1n) is 9.02. The molecule has 140 valence electrons. The van der Waals surface area contributed by atoms with Gasteiger partial charge in [0, 0.05) is 11.3 Å². The van der Waals surface area contributed by atoms with Crippen molar-refractivity contribution in [2.45, 2.75) is 35.8 Å². The van der Waals surface area contributed by atoms with Crippen molar-refractivity contribution in [2.75, 3.05) is 5.75 Å². The van der Waals surface area contributed by atoms with Gasteiger partial charge in [-0.05, 0) is 37.1 Å². The molecule has 2 fully saturated rings. The Hall–Kier alpha value is -2.31. The lowest BCUT2D eigenvalue weighted by Gasteiger charge is -2.40. The molecule has 1 heterocycles. The lowest BCUT2D eigenvalue weighted by atomic mass is 9.79. The molecule has 27 heavy (non-hydrogen) atoms. The lowest BCUT2D eigenvalue weighted by Crippen LogP contribution is -2.61. The topological polar surface area (TPSA) is 75.6 Å². The van der Waals surface area contributed by atoms with Crippen LogP contribution in [0, 0.1) is 0 Å². The zero-order valence-electron chi connectivity index (χ0n) is 14.7. The first-order valence-corrected chi connectivity index (χ1v) is 10.1. The van der Waals surface area contributed by atoms with E-state index in [0.717, 1.165) is 0 Å². The Kier molecular flexibility index (Phi) is 4.93. The number of fused-ring (bicyclic) bond motifs is 2. The van der Waals surface area contributed by atoms with E-state index in [1.165, 1.54) is 0 Å². The van der Waals surface area contributed by atoms with Crippen molar-refractivity contribution in [3.63, 3.8) is 0 Å². The van der Waals surface area contributed by atoms with Crippen molar-refractivity contribution in [3.8, 4) is 0 Å². The second-order valence-corrected chi connectivity index (χ2v) is 8.21. The van der Waals surface area contributed by atoms with Crippen LogP contribution < -0.4 is 5.32 Å². The number of esters is 1. The van der Waals surface area contributed by atoms with Crippen LogP contribution in [0.1, 0.15) is 33.6 Å². The maximum absolute atomic E-state index is 12.6. The van der Waals surface area contributed by atoms with Gasteiger partial charge < -0.3 is 15.2 Å². The predicted molar refractivity (Wildman–Crippen MR) is 104 cm³/mol. The quantitative estimate of drug-likeness (QED) is 0.794. The molecule has 4 rings (SSSR count). The Morgan fingerprint density at radius 1 is 1.04 bits per heavy atom. The van der Waals surface area contributed by atoms with Crippen molar-refractivity contribution in [1.82, 2.24) is 5.32 Å². The minimum Gasteiger partial charge on any atom is -0.457 e. The van der Waals surface area contributed by atoms with Gasteiger partial charge in [0.1, 0.15) is 6.10 Å². The fourth-order valence-corrected chi connectivity index (χ4v) is 5.52. The molecule has 5 nitrogen and oxygen atoms in total. The van der Waals surface area contributed by atoms with E-state index in [1.54, 1.807) is 48.2 Å². The Balaban J connectivity index is 1.44. The Bertz CT molecular complexity index is 829. The Labute approximate surface area is 162 Å². The van der Waals surface area contributed by atoms with Gasteiger partial charge in [0.15, 0.2) is 0 Å². The van der Waals surface area contributed by atoms with E-state index in [-0.39, 0.29) is 23.2 Å². The second kappa shape index (κ2) is 7.37. The van der Waals surface area contributed by atoms with Gasteiger partial charge in [-0.2, -0.15) is 0 Å². The molecular weight excluding hydrogens is 362 g/mol. The minimum atomic E-state index is -0.752. The molecule has 2 aliphatic rings. The van der Waals surface area contributed by atoms with E-state index in [9.17, 15) is 14.7 Å². The maximum Gasteiger partial charge on any atom is 0.338 e. The third-order valence-electron chi connectivity index (χ3n) is 5.32. The highest BCUT2D eigenvalue weighted by Crippen LogP contribution is 2.46. The maximum atomic E-state index is 12.6. The van der Waals surface area contributed by atoms with Crippen LogP contribution in [0.2, 0.25) is 0 Å². The third kappa shape index (κ3) is 3.47. The second-order valence-electron chi connectivity index (χ2n) is 7.05. The molecule has 2 aromatic rings. The van der Waals surface area contributed by atoms with Gasteiger partial charge in [-0.1, -0.05) is 36.4 Å². The molecular formula is C21H21NO4S. The van der Waals surface area contributed by atoms with Gasteiger partial charge in [0.2, 0.25) is 0 Å². The fourth-order valence-electron chi connectivity index (χ4n) is 3.80. The molecule has 1 amide bonds. The number of aliphatic hydroxyl groups is 1. The monoisotopic (exact) mass is 383 g/mol. The predicted octanol–water partition coefficient (Wildman–Crippen LogP) is 2.65. The summed E-state index contributed by atoms with van der Waals surface area (Å²) in [5.74, 6) is 0.0494. The normalized spacial score (nSPS) is 29.1. The highest BCUT2D eigenvalue weighted by atomic mass is 32.2. The van der Waals surface area contributed by atoms with Gasteiger partial charge in [-0.15, -0.1) is 11.8 Å². The summed E-state index contributed by atoms with van der Waals surface area (Å²) < 4.78 is 5.68. The highest BCUT2D eigenvalue weighted by molar-refractivity contribution is 8.00. The van der Waals surface area contributed by atoms with Gasteiger partial charge in [-0.3, -0.25) is 4.79 Å². The SMILES string of the molecule is O=C(N[C@@]12CCC(OC(=O)c3ccccc3)C(SC1)[C@H]2O)c1ccccc1. The molecule has 2 N–H and O–H groups in total. The summed E-state index contributed by atoms with van der Waals surface area (Å²) in [4.78, 5) is 24.9. The zero-order valence-corrected chi connectivity index (χ0v) is 15.5. The summed E-state index contributed by atoms with van der Waals surface area (Å²) in [5.41, 5.74) is 0.409. The van der Waals surface area contributed by atoms with E-state index in [1.807, 2.05) is 24.3 Å². The first-order chi connectivity index (χ1) is 13.1. The fraction of sp³-hybridized carbons (Fsp3) is 0.333. The smallest absolute Gasteiger partial charge is 0.338 e. The summed E-state index contributed by atoms with van der Waals surface area (Å²) in [5, 5.41) is 13.7. The third-order valence-corrected chi connectivity index (χ3v) is 6.95. The molecule has 2 bridgehead atoms. The van der Waals surface area contributed by atoms with E-state index < -0.39 is 11.6 Å². The first kappa shape index (κ1) is 18.1. The largest absolute Gasteiger partial charge is 0.457 e. The van der Waals surface area contributed by atoms with Crippen LogP contribution in [0.5, 0.6) is 0 Å². The molecule has 1 saturated heterocycles. The molecule has 1 saturated carbocycles. The number of ether oxygens (including phenoxy) is 1. The number of thioether (sulfide) groups is 1. The van der Waals surface area contributed by atoms with Crippen molar-refractivity contribution >= 4 is 23.6 Å². The van der Waals surface area contributed by atoms with Crippen LogP contribution in [0.3, 0.4) is 0 Å². The van der Waals surface area contributed by atoms with E-state index in [0.29, 0.717) is 29.7 Å². The molecule has 6 heteroatoms. The molecule has 1 aliphatic carbocycles. The van der Waals surface area contributed by atoms with Crippen LogP contribution >= 0.6 is 11.8 Å². The molecule has 4 atom stereocenters. The average Bonchev–Trinajstić information content (AvgIpc) is 2.90. The zero-order chi connectivity index (χ0) is 18.9. The number of hydrogen-bond donors (Lipinski definition) is 2. The molecule has 0 aromatic heterocycles. The van der Waals surface area contributed by atoms with Crippen molar-refractivity contribution in [2.24, 2.45) is 0 Å². The van der Waals surface area contributed by atoms with Crippen molar-refractivity contribution < 1.29 is 19.4 Å². The molecule has 1 aliphatic heterocycles. The molecule has 2 unspecified atom stereocenters. The van der Waals surface area contributed by atoms with Crippen LogP contribution in [-0.2, 0) is 4.74 Å². The average molecular weight is 383 g/mol. The van der Waals surface area contributed by atoms with Gasteiger partial charge in [-0.25, -0.2) is 4.79 Å². The van der Waals surface area contributed by atoms with Crippen LogP contribution in [0.25, 0.3) is 0 Å². The number of rotatable bonds is 4. The van der Waals surface area contributed by atoms with Gasteiger partial charge >= 0.3 is 5.97 Å². The number of carbonyl (C=O) groups is 2. The summed E-state index contributed by atoms with van der Waals surface area (Å²) in [6, 6.07) is 17.9. The number of hydrogen-bond acceptors (Lipinski definition) is 5. The van der Waals surface area contributed by atoms with E-state index in [2.05, 4.69) is 5.32 Å². The van der Waals surface area contributed by atoms with E-state index >= 15 is 0 Å². The number of amides is 1. The lowest BCUT2D eigenvalue weighted by molar-refractivity contribution is -0.0227. The Morgan fingerprint density at radius 3 is 2.33 bits per heavy atom. The van der Waals surface area contributed by atoms with Gasteiger partial charge in [0.25, 0.3) is 5.91 Å². The summed E-state index contributed by atoms with van der Waals surface area (Å²) in [6.45, 7) is 0. The van der Waals surface area contributed by atoms with Crippen molar-refractivity contribution in [3.05, 3.63) is 71.8 Å². The summed E-state index contributed by atoms with van der Waals surface area (Å²) in [7, 11) is 0. The summed E-state index contributed by atoms with van der Waals surface area (Å²) in [6.07, 6.45) is 0.0742.